The Labute approximate surface area is 182 Å². The Hall–Kier alpha value is -0.520. The number of hydrogen-bond donors (Lipinski definition) is 0. The predicted molar refractivity (Wildman–Crippen MR) is 127 cm³/mol. The van der Waals surface area contributed by atoms with Crippen molar-refractivity contribution in [3.05, 3.63) is 22.8 Å². The molecule has 0 radical (unpaired) electrons. The average molecular weight is 397 g/mol. The summed E-state index contributed by atoms with van der Waals surface area (Å²) < 4.78 is 0. The highest BCUT2D eigenvalue weighted by atomic mass is 14.6. The van der Waals surface area contributed by atoms with Gasteiger partial charge in [0.05, 0.1) is 0 Å². The fourth-order valence-electron chi connectivity index (χ4n) is 9.06. The molecule has 0 aromatic rings. The maximum Gasteiger partial charge on any atom is -0.00853 e. The van der Waals surface area contributed by atoms with Gasteiger partial charge in [0.15, 0.2) is 0 Å². The fraction of sp³-hybridized carbons (Fsp3) is 0.862. The second-order valence-electron chi connectivity index (χ2n) is 12.2. The molecule has 0 amide bonds. The normalized spacial score (nSPS) is 42.3. The molecule has 0 N–H and O–H groups in total. The molecular weight excluding hydrogens is 348 g/mol. The van der Waals surface area contributed by atoms with Crippen LogP contribution in [0.2, 0.25) is 0 Å². The standard InChI is InChI=1S/C29H48/c1-7-22(20(2)3)12-11-21(4)25-15-16-26-24-14-13-23-10-8-9-18-28(23,5)27(24)17-19-29(25,26)6/h13,21,24-27H,7-12,14-19H2,1-6H3/t21-,24+,25-,26+,27+,28+,29-/m1/s1. The van der Waals surface area contributed by atoms with E-state index in [1.807, 2.05) is 5.57 Å². The molecule has 0 bridgehead atoms. The van der Waals surface area contributed by atoms with Crippen LogP contribution in [0.5, 0.6) is 0 Å². The Balaban J connectivity index is 1.49. The van der Waals surface area contributed by atoms with E-state index < -0.39 is 0 Å². The summed E-state index contributed by atoms with van der Waals surface area (Å²) in [5.74, 6) is 4.84. The Kier molecular flexibility index (Phi) is 6.14. The molecule has 3 fully saturated rings. The molecule has 0 nitrogen and oxygen atoms in total. The van der Waals surface area contributed by atoms with Crippen molar-refractivity contribution in [2.45, 2.75) is 119 Å². The minimum absolute atomic E-state index is 0.561. The third kappa shape index (κ3) is 3.59. The van der Waals surface area contributed by atoms with Gasteiger partial charge in [-0.25, -0.2) is 0 Å². The van der Waals surface area contributed by atoms with E-state index in [2.05, 4.69) is 47.6 Å². The van der Waals surface area contributed by atoms with Crippen LogP contribution in [-0.4, -0.2) is 0 Å². The topological polar surface area (TPSA) is 0 Å². The van der Waals surface area contributed by atoms with Gasteiger partial charge in [0.1, 0.15) is 0 Å². The molecule has 4 aliphatic rings. The molecule has 0 unspecified atom stereocenters. The van der Waals surface area contributed by atoms with Crippen LogP contribution in [0.3, 0.4) is 0 Å². The third-order valence-electron chi connectivity index (χ3n) is 10.8. The summed E-state index contributed by atoms with van der Waals surface area (Å²) in [7, 11) is 0. The highest BCUT2D eigenvalue weighted by molar-refractivity contribution is 5.24. The van der Waals surface area contributed by atoms with Gasteiger partial charge in [-0.2, -0.15) is 0 Å². The monoisotopic (exact) mass is 396 g/mol. The Morgan fingerprint density at radius 3 is 2.59 bits per heavy atom. The Bertz CT molecular complexity index is 662. The molecule has 0 spiro atoms. The third-order valence-corrected chi connectivity index (χ3v) is 10.8. The predicted octanol–water partition coefficient (Wildman–Crippen LogP) is 9.12. The zero-order valence-corrected chi connectivity index (χ0v) is 20.4. The molecular formula is C29H48. The summed E-state index contributed by atoms with van der Waals surface area (Å²) >= 11 is 0. The van der Waals surface area contributed by atoms with Crippen molar-refractivity contribution in [3.63, 3.8) is 0 Å². The van der Waals surface area contributed by atoms with Crippen molar-refractivity contribution in [2.24, 2.45) is 40.4 Å². The Morgan fingerprint density at radius 1 is 1.07 bits per heavy atom. The average Bonchev–Trinajstić information content (AvgIpc) is 3.05. The van der Waals surface area contributed by atoms with Crippen LogP contribution < -0.4 is 0 Å². The van der Waals surface area contributed by atoms with Crippen LogP contribution >= 0.6 is 0 Å². The van der Waals surface area contributed by atoms with E-state index in [0.717, 1.165) is 29.6 Å². The number of fused-ring (bicyclic) bond motifs is 5. The zero-order chi connectivity index (χ0) is 20.8. The molecule has 0 heteroatoms. The molecule has 4 aliphatic carbocycles. The highest BCUT2D eigenvalue weighted by Gasteiger charge is 2.58. The van der Waals surface area contributed by atoms with E-state index in [1.54, 1.807) is 11.1 Å². The van der Waals surface area contributed by atoms with Crippen molar-refractivity contribution in [3.8, 4) is 0 Å². The van der Waals surface area contributed by atoms with Gasteiger partial charge < -0.3 is 0 Å². The van der Waals surface area contributed by atoms with Crippen molar-refractivity contribution < 1.29 is 0 Å². The molecule has 29 heavy (non-hydrogen) atoms. The number of rotatable bonds is 5. The number of allylic oxidation sites excluding steroid dienone is 4. The van der Waals surface area contributed by atoms with Gasteiger partial charge in [-0.1, -0.05) is 56.9 Å². The summed E-state index contributed by atoms with van der Waals surface area (Å²) in [6.45, 7) is 15.0. The van der Waals surface area contributed by atoms with E-state index in [9.17, 15) is 0 Å². The number of hydrogen-bond acceptors (Lipinski definition) is 0. The summed E-state index contributed by atoms with van der Waals surface area (Å²) in [6, 6.07) is 0. The maximum atomic E-state index is 2.74. The van der Waals surface area contributed by atoms with Gasteiger partial charge in [-0.15, -0.1) is 0 Å². The lowest BCUT2D eigenvalue weighted by Gasteiger charge is -2.58. The SMILES string of the molecule is CCC(CC[C@@H](C)[C@H]1CC[C@H]2[C@@H]3CC=C4CCCC[C@]4(C)[C@H]3CC[C@]12C)=C(C)C. The first kappa shape index (κ1) is 21.7. The van der Waals surface area contributed by atoms with E-state index in [4.69, 9.17) is 0 Å². The van der Waals surface area contributed by atoms with Crippen LogP contribution in [0, 0.1) is 40.4 Å². The van der Waals surface area contributed by atoms with Crippen molar-refractivity contribution in [1.82, 2.24) is 0 Å². The first-order valence-electron chi connectivity index (χ1n) is 13.2. The Morgan fingerprint density at radius 2 is 1.86 bits per heavy atom. The van der Waals surface area contributed by atoms with Crippen LogP contribution in [0.15, 0.2) is 22.8 Å². The first-order chi connectivity index (χ1) is 13.8. The summed E-state index contributed by atoms with van der Waals surface area (Å²) in [5.41, 5.74) is 6.34. The van der Waals surface area contributed by atoms with Gasteiger partial charge >= 0.3 is 0 Å². The van der Waals surface area contributed by atoms with E-state index in [0.29, 0.717) is 10.8 Å². The molecule has 164 valence electrons. The minimum atomic E-state index is 0.561. The molecule has 3 saturated carbocycles. The van der Waals surface area contributed by atoms with Crippen LogP contribution in [0.25, 0.3) is 0 Å². The molecule has 0 aliphatic heterocycles. The first-order valence-corrected chi connectivity index (χ1v) is 13.2. The lowest BCUT2D eigenvalue weighted by Crippen LogP contribution is -2.50. The molecule has 0 heterocycles. The maximum absolute atomic E-state index is 2.74. The van der Waals surface area contributed by atoms with E-state index in [-0.39, 0.29) is 0 Å². The van der Waals surface area contributed by atoms with Crippen LogP contribution in [-0.2, 0) is 0 Å². The summed E-state index contributed by atoms with van der Waals surface area (Å²) in [6.07, 6.45) is 20.0. The van der Waals surface area contributed by atoms with Gasteiger partial charge in [-0.05, 0) is 125 Å². The highest BCUT2D eigenvalue weighted by Crippen LogP contribution is 2.67. The largest absolute Gasteiger partial charge is 0.0845 e. The second-order valence-corrected chi connectivity index (χ2v) is 12.2. The van der Waals surface area contributed by atoms with Crippen molar-refractivity contribution in [2.75, 3.05) is 0 Å². The van der Waals surface area contributed by atoms with Crippen molar-refractivity contribution in [1.29, 1.82) is 0 Å². The van der Waals surface area contributed by atoms with Gasteiger partial charge in [0, 0.05) is 0 Å². The van der Waals surface area contributed by atoms with Gasteiger partial charge in [-0.3, -0.25) is 0 Å². The quantitative estimate of drug-likeness (QED) is 0.406. The smallest absolute Gasteiger partial charge is 0.00853 e. The van der Waals surface area contributed by atoms with Crippen LogP contribution in [0.4, 0.5) is 0 Å². The lowest BCUT2D eigenvalue weighted by molar-refractivity contribution is -0.0498. The zero-order valence-electron chi connectivity index (χ0n) is 20.4. The summed E-state index contributed by atoms with van der Waals surface area (Å²) in [4.78, 5) is 0. The molecule has 0 saturated heterocycles. The van der Waals surface area contributed by atoms with Crippen LogP contribution in [0.1, 0.15) is 119 Å². The lowest BCUT2D eigenvalue weighted by atomic mass is 9.47. The molecule has 7 atom stereocenters. The molecule has 4 rings (SSSR count). The van der Waals surface area contributed by atoms with E-state index >= 15 is 0 Å². The molecule has 0 aromatic heterocycles. The fourth-order valence-corrected chi connectivity index (χ4v) is 9.06. The van der Waals surface area contributed by atoms with Gasteiger partial charge in [0.2, 0.25) is 0 Å². The van der Waals surface area contributed by atoms with E-state index in [1.165, 1.54) is 77.0 Å². The minimum Gasteiger partial charge on any atom is -0.0845 e. The molecule has 0 aromatic carbocycles. The van der Waals surface area contributed by atoms with Crippen molar-refractivity contribution >= 4 is 0 Å². The van der Waals surface area contributed by atoms with Gasteiger partial charge in [0.25, 0.3) is 0 Å². The summed E-state index contributed by atoms with van der Waals surface area (Å²) in [5, 5.41) is 0. The second kappa shape index (κ2) is 8.20.